The van der Waals surface area contributed by atoms with Crippen LogP contribution in [0.1, 0.15) is 5.56 Å². The highest BCUT2D eigenvalue weighted by Crippen LogP contribution is 2.27. The summed E-state index contributed by atoms with van der Waals surface area (Å²) >= 11 is 0. The monoisotopic (exact) mass is 244 g/mol. The highest BCUT2D eigenvalue weighted by Gasteiger charge is 2.08. The van der Waals surface area contributed by atoms with Gasteiger partial charge in [0.15, 0.2) is 0 Å². The van der Waals surface area contributed by atoms with Gasteiger partial charge in [-0.05, 0) is 42.8 Å². The summed E-state index contributed by atoms with van der Waals surface area (Å²) in [6.07, 6.45) is 0.815. The Kier molecular flexibility index (Phi) is 3.95. The van der Waals surface area contributed by atoms with Crippen molar-refractivity contribution in [1.29, 1.82) is 0 Å². The third-order valence-corrected chi connectivity index (χ3v) is 2.96. The number of halogens is 1. The van der Waals surface area contributed by atoms with Crippen LogP contribution in [0, 0.1) is 5.82 Å². The SMILES string of the molecule is CN(c1cccc(F)c1)c1ccccc1CCN. The quantitative estimate of drug-likeness (QED) is 0.895. The molecule has 2 rings (SSSR count). The maximum absolute atomic E-state index is 13.2. The van der Waals surface area contributed by atoms with E-state index in [0.29, 0.717) is 6.54 Å². The van der Waals surface area contributed by atoms with Crippen molar-refractivity contribution < 1.29 is 4.39 Å². The average Bonchev–Trinajstić information content (AvgIpc) is 2.39. The number of hydrogen-bond acceptors (Lipinski definition) is 2. The second-order valence-electron chi connectivity index (χ2n) is 4.21. The number of nitrogens with zero attached hydrogens (tertiary/aromatic N) is 1. The highest BCUT2D eigenvalue weighted by atomic mass is 19.1. The summed E-state index contributed by atoms with van der Waals surface area (Å²) in [6, 6.07) is 14.6. The van der Waals surface area contributed by atoms with E-state index in [0.717, 1.165) is 17.8 Å². The van der Waals surface area contributed by atoms with Crippen molar-refractivity contribution in [1.82, 2.24) is 0 Å². The van der Waals surface area contributed by atoms with E-state index >= 15 is 0 Å². The molecular formula is C15H17FN2. The van der Waals surface area contributed by atoms with E-state index in [2.05, 4.69) is 6.07 Å². The predicted molar refractivity (Wildman–Crippen MR) is 73.7 cm³/mol. The molecule has 94 valence electrons. The molecule has 0 radical (unpaired) electrons. The van der Waals surface area contributed by atoms with E-state index < -0.39 is 0 Å². The number of anilines is 2. The lowest BCUT2D eigenvalue weighted by Gasteiger charge is -2.22. The number of rotatable bonds is 4. The van der Waals surface area contributed by atoms with E-state index in [1.54, 1.807) is 6.07 Å². The molecule has 0 aliphatic carbocycles. The third-order valence-electron chi connectivity index (χ3n) is 2.96. The second-order valence-corrected chi connectivity index (χ2v) is 4.21. The average molecular weight is 244 g/mol. The zero-order valence-electron chi connectivity index (χ0n) is 10.4. The first-order valence-corrected chi connectivity index (χ1v) is 5.99. The Hall–Kier alpha value is -1.87. The Balaban J connectivity index is 2.36. The number of para-hydroxylation sites is 1. The van der Waals surface area contributed by atoms with Gasteiger partial charge in [-0.1, -0.05) is 24.3 Å². The summed E-state index contributed by atoms with van der Waals surface area (Å²) in [5.74, 6) is -0.226. The molecule has 0 atom stereocenters. The molecule has 2 aromatic rings. The van der Waals surface area contributed by atoms with Crippen molar-refractivity contribution in [2.75, 3.05) is 18.5 Å². The summed E-state index contributed by atoms with van der Waals surface area (Å²) < 4.78 is 13.2. The molecule has 0 fully saturated rings. The van der Waals surface area contributed by atoms with Gasteiger partial charge in [-0.25, -0.2) is 4.39 Å². The van der Waals surface area contributed by atoms with Gasteiger partial charge in [0.2, 0.25) is 0 Å². The summed E-state index contributed by atoms with van der Waals surface area (Å²) in [5.41, 5.74) is 8.68. The van der Waals surface area contributed by atoms with E-state index in [1.165, 1.54) is 17.7 Å². The normalized spacial score (nSPS) is 10.4. The molecule has 0 amide bonds. The Morgan fingerprint density at radius 3 is 2.61 bits per heavy atom. The topological polar surface area (TPSA) is 29.3 Å². The molecule has 2 nitrogen and oxygen atoms in total. The van der Waals surface area contributed by atoms with Crippen molar-refractivity contribution in [2.45, 2.75) is 6.42 Å². The largest absolute Gasteiger partial charge is 0.344 e. The van der Waals surface area contributed by atoms with Crippen molar-refractivity contribution in [3.63, 3.8) is 0 Å². The number of hydrogen-bond donors (Lipinski definition) is 1. The molecule has 0 heterocycles. The minimum Gasteiger partial charge on any atom is -0.344 e. The fourth-order valence-electron chi connectivity index (χ4n) is 2.03. The summed E-state index contributed by atoms with van der Waals surface area (Å²) in [5, 5.41) is 0. The van der Waals surface area contributed by atoms with Gasteiger partial charge in [-0.2, -0.15) is 0 Å². The Morgan fingerprint density at radius 1 is 1.11 bits per heavy atom. The zero-order chi connectivity index (χ0) is 13.0. The number of benzene rings is 2. The van der Waals surface area contributed by atoms with Crippen LogP contribution in [0.3, 0.4) is 0 Å². The van der Waals surface area contributed by atoms with Crippen LogP contribution >= 0.6 is 0 Å². The van der Waals surface area contributed by atoms with Crippen LogP contribution in [0.15, 0.2) is 48.5 Å². The molecule has 0 bridgehead atoms. The van der Waals surface area contributed by atoms with Gasteiger partial charge in [-0.15, -0.1) is 0 Å². The van der Waals surface area contributed by atoms with Gasteiger partial charge in [0, 0.05) is 18.4 Å². The van der Waals surface area contributed by atoms with Gasteiger partial charge in [-0.3, -0.25) is 0 Å². The zero-order valence-corrected chi connectivity index (χ0v) is 10.4. The lowest BCUT2D eigenvalue weighted by molar-refractivity contribution is 0.628. The molecule has 2 aromatic carbocycles. The molecule has 0 aromatic heterocycles. The first-order chi connectivity index (χ1) is 8.72. The van der Waals surface area contributed by atoms with Crippen LogP contribution in [0.5, 0.6) is 0 Å². The van der Waals surface area contributed by atoms with Crippen LogP contribution in [0.25, 0.3) is 0 Å². The van der Waals surface area contributed by atoms with E-state index in [4.69, 9.17) is 5.73 Å². The van der Waals surface area contributed by atoms with Crippen LogP contribution in [0.2, 0.25) is 0 Å². The van der Waals surface area contributed by atoms with Crippen LogP contribution in [-0.2, 0) is 6.42 Å². The van der Waals surface area contributed by atoms with Crippen LogP contribution < -0.4 is 10.6 Å². The maximum Gasteiger partial charge on any atom is 0.125 e. The first kappa shape index (κ1) is 12.6. The molecule has 2 N–H and O–H groups in total. The Morgan fingerprint density at radius 2 is 1.89 bits per heavy atom. The Labute approximate surface area is 107 Å². The van der Waals surface area contributed by atoms with Crippen LogP contribution in [0.4, 0.5) is 15.8 Å². The van der Waals surface area contributed by atoms with Crippen molar-refractivity contribution in [3.05, 3.63) is 59.9 Å². The predicted octanol–water partition coefficient (Wildman–Crippen LogP) is 3.09. The summed E-state index contributed by atoms with van der Waals surface area (Å²) in [4.78, 5) is 1.98. The fraction of sp³-hybridized carbons (Fsp3) is 0.200. The summed E-state index contributed by atoms with van der Waals surface area (Å²) in [6.45, 7) is 0.605. The number of nitrogens with two attached hydrogens (primary N) is 1. The van der Waals surface area contributed by atoms with E-state index in [9.17, 15) is 4.39 Å². The highest BCUT2D eigenvalue weighted by molar-refractivity contribution is 5.65. The molecule has 0 aliphatic rings. The molecule has 0 aliphatic heterocycles. The minimum atomic E-state index is -0.226. The van der Waals surface area contributed by atoms with Gasteiger partial charge >= 0.3 is 0 Å². The Bertz CT molecular complexity index is 525. The lowest BCUT2D eigenvalue weighted by Crippen LogP contribution is -2.13. The molecule has 0 saturated heterocycles. The molecule has 0 unspecified atom stereocenters. The van der Waals surface area contributed by atoms with Crippen molar-refractivity contribution in [2.24, 2.45) is 5.73 Å². The van der Waals surface area contributed by atoms with Crippen molar-refractivity contribution in [3.8, 4) is 0 Å². The van der Waals surface area contributed by atoms with Gasteiger partial charge < -0.3 is 10.6 Å². The molecule has 0 saturated carbocycles. The second kappa shape index (κ2) is 5.65. The smallest absolute Gasteiger partial charge is 0.125 e. The lowest BCUT2D eigenvalue weighted by atomic mass is 10.1. The van der Waals surface area contributed by atoms with Crippen LogP contribution in [-0.4, -0.2) is 13.6 Å². The molecule has 0 spiro atoms. The third kappa shape index (κ3) is 2.68. The minimum absolute atomic E-state index is 0.226. The molecule has 18 heavy (non-hydrogen) atoms. The standard InChI is InChI=1S/C15H17FN2/c1-18(14-7-4-6-13(16)11-14)15-8-3-2-5-12(15)9-10-17/h2-8,11H,9-10,17H2,1H3. The first-order valence-electron chi connectivity index (χ1n) is 5.99. The fourth-order valence-corrected chi connectivity index (χ4v) is 2.03. The molecular weight excluding hydrogens is 227 g/mol. The van der Waals surface area contributed by atoms with Gasteiger partial charge in [0.25, 0.3) is 0 Å². The van der Waals surface area contributed by atoms with E-state index in [-0.39, 0.29) is 5.82 Å². The van der Waals surface area contributed by atoms with Gasteiger partial charge in [0.05, 0.1) is 0 Å². The summed E-state index contributed by atoms with van der Waals surface area (Å²) in [7, 11) is 1.93. The molecule has 3 heteroatoms. The van der Waals surface area contributed by atoms with Crippen molar-refractivity contribution >= 4 is 11.4 Å². The van der Waals surface area contributed by atoms with E-state index in [1.807, 2.05) is 36.2 Å². The van der Waals surface area contributed by atoms with Gasteiger partial charge in [0.1, 0.15) is 5.82 Å². The maximum atomic E-state index is 13.2.